The molecule has 1 amide bonds. The van der Waals surface area contributed by atoms with Crippen LogP contribution in [0.15, 0.2) is 28.0 Å². The maximum atomic E-state index is 13.8. The standard InChI is InChI=1S/C24H28N4O7/c1-26-12-8-13(27(2)3)10-6-9-7-11-17(28(4)5)20(31)16(23(25)34)22(33)24(11,35)21(32)14(9)19(30)15(10)18(12)29/h8-9,11,17,29-30,33,35H,1,6-7H2,2-5H3,(H2,25,34)/t9-,11-,17-,24-/m0/s1. The number of fused-ring (bicyclic) bond motifs is 3. The summed E-state index contributed by atoms with van der Waals surface area (Å²) >= 11 is 0. The zero-order valence-corrected chi connectivity index (χ0v) is 19.9. The quantitative estimate of drug-likeness (QED) is 0.298. The van der Waals surface area contributed by atoms with Gasteiger partial charge in [0.2, 0.25) is 5.78 Å². The van der Waals surface area contributed by atoms with Crippen molar-refractivity contribution < 1.29 is 34.8 Å². The van der Waals surface area contributed by atoms with E-state index in [4.69, 9.17) is 5.73 Å². The zero-order valence-electron chi connectivity index (χ0n) is 19.9. The molecule has 1 aromatic rings. The van der Waals surface area contributed by atoms with Crippen molar-refractivity contribution in [2.75, 3.05) is 33.1 Å². The maximum absolute atomic E-state index is 13.8. The van der Waals surface area contributed by atoms with Crippen LogP contribution in [0.4, 0.5) is 11.4 Å². The number of benzene rings is 1. The molecule has 0 aromatic heterocycles. The largest absolute Gasteiger partial charge is 0.508 e. The maximum Gasteiger partial charge on any atom is 0.255 e. The average Bonchev–Trinajstić information content (AvgIpc) is 2.75. The Kier molecular flexibility index (Phi) is 5.53. The fraction of sp³-hybridized carbons (Fsp3) is 0.417. The van der Waals surface area contributed by atoms with Crippen LogP contribution in [-0.2, 0) is 20.8 Å². The molecular formula is C24H28N4O7. The number of Topliss-reactive ketones (excluding diaryl/α,β-unsaturated/α-hetero) is 2. The first-order valence-corrected chi connectivity index (χ1v) is 11.0. The number of rotatable bonds is 4. The van der Waals surface area contributed by atoms with Crippen molar-refractivity contribution >= 4 is 41.3 Å². The predicted octanol–water partition coefficient (Wildman–Crippen LogP) is 0.362. The second kappa shape index (κ2) is 7.92. The van der Waals surface area contributed by atoms with Crippen molar-refractivity contribution in [2.45, 2.75) is 24.5 Å². The third-order valence-corrected chi connectivity index (χ3v) is 7.33. The summed E-state index contributed by atoms with van der Waals surface area (Å²) in [5.74, 6) is -6.94. The van der Waals surface area contributed by atoms with Crippen molar-refractivity contribution in [3.05, 3.63) is 34.1 Å². The summed E-state index contributed by atoms with van der Waals surface area (Å²) in [6.07, 6.45) is 0.230. The van der Waals surface area contributed by atoms with Gasteiger partial charge in [-0.1, -0.05) is 0 Å². The monoisotopic (exact) mass is 484 g/mol. The summed E-state index contributed by atoms with van der Waals surface area (Å²) in [7, 11) is 6.66. The number of aliphatic hydroxyl groups excluding tert-OH is 2. The highest BCUT2D eigenvalue weighted by atomic mass is 16.3. The van der Waals surface area contributed by atoms with E-state index in [1.807, 2.05) is 0 Å². The van der Waals surface area contributed by atoms with Gasteiger partial charge in [0.25, 0.3) is 5.91 Å². The molecule has 0 radical (unpaired) electrons. The number of likely N-dealkylation sites (N-methyl/N-ethyl adjacent to an activating group) is 1. The number of ketones is 2. The number of aliphatic imine (C=N–C) groups is 1. The Bertz CT molecular complexity index is 1260. The normalized spacial score (nSPS) is 28.0. The molecule has 0 aliphatic heterocycles. The zero-order chi connectivity index (χ0) is 26.1. The van der Waals surface area contributed by atoms with E-state index in [9.17, 15) is 34.8 Å². The minimum absolute atomic E-state index is 0.0186. The van der Waals surface area contributed by atoms with E-state index in [1.165, 1.54) is 4.90 Å². The number of amides is 1. The highest BCUT2D eigenvalue weighted by Gasteiger charge is 2.64. The highest BCUT2D eigenvalue weighted by Crippen LogP contribution is 2.54. The summed E-state index contributed by atoms with van der Waals surface area (Å²) in [6, 6.07) is 0.488. The lowest BCUT2D eigenvalue weighted by Gasteiger charge is -2.50. The Labute approximate surface area is 201 Å². The number of aromatic hydroxyl groups is 1. The number of phenolic OH excluding ortho intramolecular Hbond substituents is 1. The first kappa shape index (κ1) is 24.4. The van der Waals surface area contributed by atoms with E-state index in [-0.39, 0.29) is 35.4 Å². The molecule has 3 aliphatic carbocycles. The van der Waals surface area contributed by atoms with E-state index in [1.54, 1.807) is 39.2 Å². The van der Waals surface area contributed by atoms with Crippen molar-refractivity contribution in [2.24, 2.45) is 22.6 Å². The van der Waals surface area contributed by atoms with Gasteiger partial charge in [-0.2, -0.15) is 0 Å². The predicted molar refractivity (Wildman–Crippen MR) is 128 cm³/mol. The lowest BCUT2D eigenvalue weighted by Crippen LogP contribution is -2.65. The van der Waals surface area contributed by atoms with Crippen LogP contribution >= 0.6 is 0 Å². The second-order valence-electron chi connectivity index (χ2n) is 9.63. The van der Waals surface area contributed by atoms with Crippen LogP contribution in [0.25, 0.3) is 5.76 Å². The third kappa shape index (κ3) is 3.11. The van der Waals surface area contributed by atoms with Crippen molar-refractivity contribution in [1.82, 2.24) is 4.90 Å². The van der Waals surface area contributed by atoms with Gasteiger partial charge < -0.3 is 31.1 Å². The summed E-state index contributed by atoms with van der Waals surface area (Å²) in [5.41, 5.74) is 2.87. The molecule has 186 valence electrons. The van der Waals surface area contributed by atoms with Gasteiger partial charge in [0.05, 0.1) is 11.6 Å². The van der Waals surface area contributed by atoms with Crippen molar-refractivity contribution in [1.29, 1.82) is 0 Å². The average molecular weight is 485 g/mol. The first-order valence-electron chi connectivity index (χ1n) is 11.0. The first-order chi connectivity index (χ1) is 16.3. The summed E-state index contributed by atoms with van der Waals surface area (Å²) in [4.78, 5) is 46.0. The molecule has 6 N–H and O–H groups in total. The molecule has 4 rings (SSSR count). The third-order valence-electron chi connectivity index (χ3n) is 7.33. The SMILES string of the molecule is C=Nc1cc(N(C)C)c2c(c1O)C(O)=C1C(=O)[C@]3(O)C(O)=C(C(N)=O)C(=O)[C@@H](N(C)C)[C@@H]3C[C@@H]1C2. The van der Waals surface area contributed by atoms with Gasteiger partial charge in [0.15, 0.2) is 17.1 Å². The van der Waals surface area contributed by atoms with Gasteiger partial charge in [-0.15, -0.1) is 0 Å². The number of hydrogen-bond donors (Lipinski definition) is 5. The summed E-state index contributed by atoms with van der Waals surface area (Å²) in [5, 5.41) is 44.5. The summed E-state index contributed by atoms with van der Waals surface area (Å²) in [6.45, 7) is 3.44. The number of carbonyl (C=O) groups is 3. The van der Waals surface area contributed by atoms with Crippen LogP contribution in [0, 0.1) is 11.8 Å². The number of nitrogens with two attached hydrogens (primary N) is 1. The number of hydrogen-bond acceptors (Lipinski definition) is 10. The molecule has 0 unspecified atom stereocenters. The van der Waals surface area contributed by atoms with E-state index < -0.39 is 58.0 Å². The molecule has 4 atom stereocenters. The van der Waals surface area contributed by atoms with Gasteiger partial charge >= 0.3 is 0 Å². The number of nitrogens with zero attached hydrogens (tertiary/aromatic N) is 3. The van der Waals surface area contributed by atoms with Crippen molar-refractivity contribution in [3.63, 3.8) is 0 Å². The number of carbonyl (C=O) groups excluding carboxylic acids is 3. The Hall–Kier alpha value is -3.70. The van der Waals surface area contributed by atoms with Crippen LogP contribution in [-0.4, -0.2) is 89.4 Å². The van der Waals surface area contributed by atoms with Gasteiger partial charge in [0.1, 0.15) is 22.8 Å². The molecule has 1 saturated carbocycles. The number of anilines is 1. The van der Waals surface area contributed by atoms with Gasteiger partial charge in [-0.25, -0.2) is 0 Å². The molecule has 1 aromatic carbocycles. The van der Waals surface area contributed by atoms with Crippen LogP contribution in [0.5, 0.6) is 5.75 Å². The van der Waals surface area contributed by atoms with Gasteiger partial charge in [0, 0.05) is 31.3 Å². The van der Waals surface area contributed by atoms with E-state index in [2.05, 4.69) is 11.7 Å². The smallest absolute Gasteiger partial charge is 0.255 e. The molecule has 0 spiro atoms. The molecule has 35 heavy (non-hydrogen) atoms. The van der Waals surface area contributed by atoms with Crippen LogP contribution in [0.1, 0.15) is 17.5 Å². The fourth-order valence-electron chi connectivity index (χ4n) is 5.80. The van der Waals surface area contributed by atoms with Crippen LogP contribution in [0.2, 0.25) is 0 Å². The van der Waals surface area contributed by atoms with Gasteiger partial charge in [-0.3, -0.25) is 24.3 Å². The second-order valence-corrected chi connectivity index (χ2v) is 9.63. The van der Waals surface area contributed by atoms with Crippen LogP contribution < -0.4 is 10.6 Å². The Morgan fingerprint density at radius 1 is 1.20 bits per heavy atom. The highest BCUT2D eigenvalue weighted by molar-refractivity contribution is 6.24. The number of primary amides is 1. The number of aliphatic hydroxyl groups is 3. The Morgan fingerprint density at radius 2 is 1.83 bits per heavy atom. The Morgan fingerprint density at radius 3 is 2.34 bits per heavy atom. The van der Waals surface area contributed by atoms with Crippen LogP contribution in [0.3, 0.4) is 0 Å². The van der Waals surface area contributed by atoms with E-state index in [0.717, 1.165) is 0 Å². The molecule has 0 bridgehead atoms. The topological polar surface area (TPSA) is 177 Å². The van der Waals surface area contributed by atoms with Crippen molar-refractivity contribution in [3.8, 4) is 5.75 Å². The molecule has 0 saturated heterocycles. The molecule has 0 heterocycles. The minimum Gasteiger partial charge on any atom is -0.508 e. The van der Waals surface area contributed by atoms with E-state index in [0.29, 0.717) is 11.3 Å². The molecule has 11 nitrogen and oxygen atoms in total. The van der Waals surface area contributed by atoms with E-state index >= 15 is 0 Å². The fourth-order valence-corrected chi connectivity index (χ4v) is 5.80. The minimum atomic E-state index is -2.67. The molecule has 11 heteroatoms. The molecule has 1 fully saturated rings. The molecular weight excluding hydrogens is 456 g/mol. The molecule has 3 aliphatic rings. The Balaban J connectivity index is 2.02. The summed E-state index contributed by atoms with van der Waals surface area (Å²) < 4.78 is 0. The lowest BCUT2D eigenvalue weighted by atomic mass is 9.57. The lowest BCUT2D eigenvalue weighted by molar-refractivity contribution is -0.153. The number of phenols is 1. The van der Waals surface area contributed by atoms with Gasteiger partial charge in [-0.05, 0) is 51.2 Å².